The third-order valence-electron chi connectivity index (χ3n) is 6.65. The predicted octanol–water partition coefficient (Wildman–Crippen LogP) is 2.55. The maximum atomic E-state index is 13.5. The Labute approximate surface area is 198 Å². The molecule has 0 unspecified atom stereocenters. The van der Waals surface area contributed by atoms with Crippen LogP contribution in [0.3, 0.4) is 0 Å². The summed E-state index contributed by atoms with van der Waals surface area (Å²) in [4.78, 5) is 31.0. The lowest BCUT2D eigenvalue weighted by Crippen LogP contribution is -2.57. The molecule has 176 valence electrons. The molecule has 8 nitrogen and oxygen atoms in total. The first-order valence-electron chi connectivity index (χ1n) is 11.5. The highest BCUT2D eigenvalue weighted by molar-refractivity contribution is 7.89. The molecule has 3 aliphatic rings. The Morgan fingerprint density at radius 1 is 1.06 bits per heavy atom. The number of carbonyl (C=O) groups is 2. The first kappa shape index (κ1) is 22.4. The summed E-state index contributed by atoms with van der Waals surface area (Å²) in [6.07, 6.45) is 4.39. The molecule has 1 aromatic carbocycles. The van der Waals surface area contributed by atoms with E-state index in [4.69, 9.17) is 0 Å². The number of piperidine rings is 1. The van der Waals surface area contributed by atoms with Crippen LogP contribution in [-0.4, -0.2) is 56.8 Å². The molecule has 0 radical (unpaired) electrons. The van der Waals surface area contributed by atoms with Gasteiger partial charge < -0.3 is 10.2 Å². The molecule has 4 heterocycles. The fourth-order valence-electron chi connectivity index (χ4n) is 4.94. The van der Waals surface area contributed by atoms with Gasteiger partial charge in [0.2, 0.25) is 21.8 Å². The van der Waals surface area contributed by atoms with Gasteiger partial charge in [0.1, 0.15) is 12.6 Å². The van der Waals surface area contributed by atoms with Gasteiger partial charge >= 0.3 is 0 Å². The molecule has 0 saturated carbocycles. The summed E-state index contributed by atoms with van der Waals surface area (Å²) in [6.45, 7) is 2.06. The first-order chi connectivity index (χ1) is 15.9. The summed E-state index contributed by atoms with van der Waals surface area (Å²) in [5, 5.41) is 4.83. The SMILES string of the molecule is O=C(CN1C(=O)[C@H]2CCCCN2c2ccc(S(=O)(=O)N3CCCC3)cc21)NCc1cccs1. The number of fused-ring (bicyclic) bond motifs is 3. The molecule has 0 spiro atoms. The number of hydrogen-bond acceptors (Lipinski definition) is 6. The van der Waals surface area contributed by atoms with E-state index in [9.17, 15) is 18.0 Å². The normalized spacial score (nSPS) is 21.1. The molecule has 1 aromatic heterocycles. The Morgan fingerprint density at radius 3 is 2.61 bits per heavy atom. The largest absolute Gasteiger partial charge is 0.358 e. The van der Waals surface area contributed by atoms with Gasteiger partial charge in [-0.1, -0.05) is 6.07 Å². The predicted molar refractivity (Wildman–Crippen MR) is 128 cm³/mol. The maximum absolute atomic E-state index is 13.5. The van der Waals surface area contributed by atoms with Crippen LogP contribution in [0.25, 0.3) is 0 Å². The highest BCUT2D eigenvalue weighted by Crippen LogP contribution is 2.41. The smallest absolute Gasteiger partial charge is 0.250 e. The van der Waals surface area contributed by atoms with Gasteiger partial charge in [0.15, 0.2) is 0 Å². The number of anilines is 2. The minimum absolute atomic E-state index is 0.130. The standard InChI is InChI=1S/C23H28N4O4S2/c28-22(24-15-17-6-5-13-32-17)16-27-21-14-18(33(30,31)25-10-3-4-11-25)8-9-19(21)26-12-2-1-7-20(26)23(27)29/h5-6,8-9,13-14,20H,1-4,7,10-12,15-16H2,(H,24,28)/t20-/m1/s1. The third-order valence-corrected chi connectivity index (χ3v) is 9.42. The molecule has 1 N–H and O–H groups in total. The molecule has 3 aliphatic heterocycles. The van der Waals surface area contributed by atoms with Gasteiger partial charge in [-0.25, -0.2) is 8.42 Å². The molecule has 2 amide bonds. The van der Waals surface area contributed by atoms with Gasteiger partial charge in [-0.15, -0.1) is 11.3 Å². The number of nitrogens with zero attached hydrogens (tertiary/aromatic N) is 3. The van der Waals surface area contributed by atoms with Crippen LogP contribution in [-0.2, 0) is 26.2 Å². The van der Waals surface area contributed by atoms with E-state index in [0.717, 1.165) is 49.2 Å². The van der Waals surface area contributed by atoms with Crippen molar-refractivity contribution in [1.29, 1.82) is 0 Å². The Hall–Kier alpha value is -2.43. The molecule has 0 bridgehead atoms. The number of rotatable bonds is 6. The van der Waals surface area contributed by atoms with Gasteiger partial charge in [0, 0.05) is 24.5 Å². The van der Waals surface area contributed by atoms with Gasteiger partial charge in [0.05, 0.1) is 22.8 Å². The van der Waals surface area contributed by atoms with E-state index in [-0.39, 0.29) is 29.3 Å². The maximum Gasteiger partial charge on any atom is 0.250 e. The Kier molecular flexibility index (Phi) is 6.15. The van der Waals surface area contributed by atoms with E-state index in [1.165, 1.54) is 9.21 Å². The number of nitrogens with one attached hydrogen (secondary N) is 1. The fraction of sp³-hybridized carbons (Fsp3) is 0.478. The van der Waals surface area contributed by atoms with Crippen LogP contribution < -0.4 is 15.1 Å². The number of benzene rings is 1. The number of hydrogen-bond donors (Lipinski definition) is 1. The number of sulfonamides is 1. The van der Waals surface area contributed by atoms with E-state index in [1.807, 2.05) is 17.5 Å². The molecule has 33 heavy (non-hydrogen) atoms. The Balaban J connectivity index is 1.46. The van der Waals surface area contributed by atoms with Gasteiger partial charge in [0.25, 0.3) is 0 Å². The zero-order valence-electron chi connectivity index (χ0n) is 18.4. The fourth-order valence-corrected chi connectivity index (χ4v) is 7.12. The Bertz CT molecular complexity index is 1140. The van der Waals surface area contributed by atoms with Crippen molar-refractivity contribution < 1.29 is 18.0 Å². The van der Waals surface area contributed by atoms with Gasteiger partial charge in [-0.2, -0.15) is 4.31 Å². The highest BCUT2D eigenvalue weighted by Gasteiger charge is 2.41. The molecule has 2 fully saturated rings. The summed E-state index contributed by atoms with van der Waals surface area (Å²) in [5.74, 6) is -0.399. The lowest BCUT2D eigenvalue weighted by Gasteiger charge is -2.45. The number of amides is 2. The average molecular weight is 489 g/mol. The zero-order valence-corrected chi connectivity index (χ0v) is 20.0. The Morgan fingerprint density at radius 2 is 1.85 bits per heavy atom. The van der Waals surface area contributed by atoms with Crippen LogP contribution in [0.1, 0.15) is 37.0 Å². The van der Waals surface area contributed by atoms with Crippen molar-refractivity contribution in [2.24, 2.45) is 0 Å². The van der Waals surface area contributed by atoms with Crippen LogP contribution in [0.2, 0.25) is 0 Å². The van der Waals surface area contributed by atoms with E-state index < -0.39 is 10.0 Å². The average Bonchev–Trinajstić information content (AvgIpc) is 3.55. The number of thiophene rings is 1. The van der Waals surface area contributed by atoms with Crippen LogP contribution in [0.4, 0.5) is 11.4 Å². The van der Waals surface area contributed by atoms with E-state index in [1.54, 1.807) is 29.5 Å². The second-order valence-electron chi connectivity index (χ2n) is 8.75. The minimum atomic E-state index is -3.63. The van der Waals surface area contributed by atoms with E-state index >= 15 is 0 Å². The van der Waals surface area contributed by atoms with E-state index in [2.05, 4.69) is 10.2 Å². The monoisotopic (exact) mass is 488 g/mol. The summed E-state index contributed by atoms with van der Waals surface area (Å²) < 4.78 is 27.9. The second kappa shape index (κ2) is 9.08. The summed E-state index contributed by atoms with van der Waals surface area (Å²) in [5.41, 5.74) is 1.33. The van der Waals surface area contributed by atoms with Crippen molar-refractivity contribution in [2.75, 3.05) is 36.0 Å². The van der Waals surface area contributed by atoms with Crippen LogP contribution in [0.5, 0.6) is 0 Å². The first-order valence-corrected chi connectivity index (χ1v) is 13.8. The van der Waals surface area contributed by atoms with E-state index in [0.29, 0.717) is 25.3 Å². The van der Waals surface area contributed by atoms with Crippen molar-refractivity contribution in [2.45, 2.75) is 49.6 Å². The van der Waals surface area contributed by atoms with Gasteiger partial charge in [-0.05, 0) is 61.7 Å². The topological polar surface area (TPSA) is 90.0 Å². The molecular formula is C23H28N4O4S2. The lowest BCUT2D eigenvalue weighted by atomic mass is 9.96. The summed E-state index contributed by atoms with van der Waals surface area (Å²) in [7, 11) is -3.63. The molecular weight excluding hydrogens is 460 g/mol. The molecule has 1 atom stereocenters. The van der Waals surface area contributed by atoms with Crippen LogP contribution in [0.15, 0.2) is 40.6 Å². The summed E-state index contributed by atoms with van der Waals surface area (Å²) in [6, 6.07) is 8.59. The van der Waals surface area contributed by atoms with Crippen molar-refractivity contribution in [3.63, 3.8) is 0 Å². The quantitative estimate of drug-likeness (QED) is 0.675. The molecule has 5 rings (SSSR count). The van der Waals surface area contributed by atoms with Crippen LogP contribution >= 0.6 is 11.3 Å². The zero-order chi connectivity index (χ0) is 23.0. The second-order valence-corrected chi connectivity index (χ2v) is 11.7. The minimum Gasteiger partial charge on any atom is -0.358 e. The van der Waals surface area contributed by atoms with Crippen molar-refractivity contribution in [3.8, 4) is 0 Å². The van der Waals surface area contributed by atoms with Crippen LogP contribution in [0, 0.1) is 0 Å². The summed E-state index contributed by atoms with van der Waals surface area (Å²) >= 11 is 1.56. The van der Waals surface area contributed by atoms with Gasteiger partial charge in [-0.3, -0.25) is 14.5 Å². The van der Waals surface area contributed by atoms with Crippen molar-refractivity contribution >= 4 is 44.5 Å². The van der Waals surface area contributed by atoms with Crippen molar-refractivity contribution in [1.82, 2.24) is 9.62 Å². The highest BCUT2D eigenvalue weighted by atomic mass is 32.2. The molecule has 0 aliphatic carbocycles. The number of carbonyl (C=O) groups excluding carboxylic acids is 2. The van der Waals surface area contributed by atoms with Crippen molar-refractivity contribution in [3.05, 3.63) is 40.6 Å². The molecule has 2 saturated heterocycles. The lowest BCUT2D eigenvalue weighted by molar-refractivity contribution is -0.125. The molecule has 10 heteroatoms. The molecule has 2 aromatic rings. The third kappa shape index (κ3) is 4.27.